The molecule has 0 aliphatic rings. The van der Waals surface area contributed by atoms with Crippen LogP contribution in [0.25, 0.3) is 0 Å². The summed E-state index contributed by atoms with van der Waals surface area (Å²) in [5.74, 6) is -0.634. The first-order valence-electron chi connectivity index (χ1n) is 6.33. The first-order chi connectivity index (χ1) is 9.35. The van der Waals surface area contributed by atoms with Gasteiger partial charge in [-0.15, -0.1) is 0 Å². The van der Waals surface area contributed by atoms with E-state index >= 15 is 0 Å². The lowest BCUT2D eigenvalue weighted by Gasteiger charge is -2.25. The molecule has 0 amide bonds. The summed E-state index contributed by atoms with van der Waals surface area (Å²) in [6, 6.07) is 10.6. The van der Waals surface area contributed by atoms with E-state index < -0.39 is 5.54 Å². The number of halogens is 3. The Balaban J connectivity index is 2.12. The summed E-state index contributed by atoms with van der Waals surface area (Å²) in [7, 11) is 0. The Kier molecular flexibility index (Phi) is 4.41. The summed E-state index contributed by atoms with van der Waals surface area (Å²) in [5, 5.41) is 0.376. The molecular weight excluding hydrogens is 280 g/mol. The van der Waals surface area contributed by atoms with E-state index in [1.54, 1.807) is 18.2 Å². The average molecular weight is 296 g/mol. The summed E-state index contributed by atoms with van der Waals surface area (Å²) in [6.45, 7) is 1.90. The highest BCUT2D eigenvalue weighted by molar-refractivity contribution is 6.31. The van der Waals surface area contributed by atoms with Gasteiger partial charge in [0.1, 0.15) is 11.6 Å². The Morgan fingerprint density at radius 2 is 1.60 bits per heavy atom. The Hall–Kier alpha value is -1.45. The Bertz CT molecular complexity index is 594. The van der Waals surface area contributed by atoms with Crippen molar-refractivity contribution in [3.8, 4) is 0 Å². The van der Waals surface area contributed by atoms with Crippen LogP contribution < -0.4 is 5.73 Å². The van der Waals surface area contributed by atoms with Crippen molar-refractivity contribution >= 4 is 11.6 Å². The highest BCUT2D eigenvalue weighted by atomic mass is 35.5. The van der Waals surface area contributed by atoms with Crippen LogP contribution in [0, 0.1) is 11.6 Å². The normalized spacial score (nSPS) is 14.1. The third kappa shape index (κ3) is 4.02. The van der Waals surface area contributed by atoms with Gasteiger partial charge in [0, 0.05) is 10.6 Å². The van der Waals surface area contributed by atoms with E-state index in [-0.39, 0.29) is 11.6 Å². The summed E-state index contributed by atoms with van der Waals surface area (Å²) in [5.41, 5.74) is 7.50. The van der Waals surface area contributed by atoms with Crippen LogP contribution in [0.4, 0.5) is 8.78 Å². The number of hydrogen-bond acceptors (Lipinski definition) is 1. The standard InChI is InChI=1S/C16H16ClF2N/c1-16(20,9-11-2-5-13(18)6-3-11)10-12-4-7-14(19)8-15(12)17/h2-8H,9-10,20H2,1H3. The maximum Gasteiger partial charge on any atom is 0.124 e. The molecule has 4 heteroatoms. The van der Waals surface area contributed by atoms with Crippen LogP contribution in [0.3, 0.4) is 0 Å². The Morgan fingerprint density at radius 1 is 1.00 bits per heavy atom. The monoisotopic (exact) mass is 295 g/mol. The predicted octanol–water partition coefficient (Wildman–Crippen LogP) is 4.12. The number of rotatable bonds is 4. The number of benzene rings is 2. The van der Waals surface area contributed by atoms with E-state index in [0.717, 1.165) is 11.1 Å². The van der Waals surface area contributed by atoms with Crippen molar-refractivity contribution in [1.82, 2.24) is 0 Å². The maximum absolute atomic E-state index is 13.0. The average Bonchev–Trinajstić information content (AvgIpc) is 2.35. The molecule has 1 atom stereocenters. The van der Waals surface area contributed by atoms with Gasteiger partial charge in [0.05, 0.1) is 0 Å². The van der Waals surface area contributed by atoms with E-state index in [2.05, 4.69) is 0 Å². The van der Waals surface area contributed by atoms with Crippen LogP contribution in [-0.4, -0.2) is 5.54 Å². The van der Waals surface area contributed by atoms with Crippen molar-refractivity contribution in [3.05, 3.63) is 70.2 Å². The zero-order valence-corrected chi connectivity index (χ0v) is 11.9. The lowest BCUT2D eigenvalue weighted by atomic mass is 9.87. The van der Waals surface area contributed by atoms with Crippen LogP contribution in [0.15, 0.2) is 42.5 Å². The van der Waals surface area contributed by atoms with Gasteiger partial charge in [-0.3, -0.25) is 0 Å². The molecule has 1 nitrogen and oxygen atoms in total. The molecule has 1 unspecified atom stereocenters. The molecular formula is C16H16ClF2N. The zero-order chi connectivity index (χ0) is 14.8. The molecule has 0 heterocycles. The summed E-state index contributed by atoms with van der Waals surface area (Å²) in [6.07, 6.45) is 1.10. The predicted molar refractivity (Wildman–Crippen MR) is 77.8 cm³/mol. The van der Waals surface area contributed by atoms with Gasteiger partial charge in [0.25, 0.3) is 0 Å². The summed E-state index contributed by atoms with van der Waals surface area (Å²) in [4.78, 5) is 0. The fourth-order valence-electron chi connectivity index (χ4n) is 2.23. The molecule has 2 rings (SSSR count). The minimum atomic E-state index is -0.542. The maximum atomic E-state index is 13.0. The SMILES string of the molecule is CC(N)(Cc1ccc(F)cc1)Cc1ccc(F)cc1Cl. The Labute approximate surface area is 122 Å². The minimum absolute atomic E-state index is 0.269. The van der Waals surface area contributed by atoms with Crippen molar-refractivity contribution < 1.29 is 8.78 Å². The molecule has 0 bridgehead atoms. The zero-order valence-electron chi connectivity index (χ0n) is 11.2. The van der Waals surface area contributed by atoms with Gasteiger partial charge in [-0.25, -0.2) is 8.78 Å². The second kappa shape index (κ2) is 5.90. The van der Waals surface area contributed by atoms with Crippen molar-refractivity contribution in [2.24, 2.45) is 5.73 Å². The molecule has 0 aliphatic carbocycles. The lowest BCUT2D eigenvalue weighted by molar-refractivity contribution is 0.462. The fraction of sp³-hybridized carbons (Fsp3) is 0.250. The highest BCUT2D eigenvalue weighted by Gasteiger charge is 2.21. The molecule has 2 aromatic carbocycles. The second-order valence-corrected chi connectivity index (χ2v) is 5.78. The van der Waals surface area contributed by atoms with E-state index in [4.69, 9.17) is 17.3 Å². The molecule has 0 fully saturated rings. The molecule has 20 heavy (non-hydrogen) atoms. The molecule has 106 valence electrons. The van der Waals surface area contributed by atoms with Gasteiger partial charge in [-0.1, -0.05) is 29.8 Å². The van der Waals surface area contributed by atoms with Gasteiger partial charge in [-0.05, 0) is 55.2 Å². The van der Waals surface area contributed by atoms with Crippen molar-refractivity contribution in [2.75, 3.05) is 0 Å². The quantitative estimate of drug-likeness (QED) is 0.902. The van der Waals surface area contributed by atoms with Crippen molar-refractivity contribution in [2.45, 2.75) is 25.3 Å². The van der Waals surface area contributed by atoms with Gasteiger partial charge < -0.3 is 5.73 Å². The molecule has 0 aliphatic heterocycles. The van der Waals surface area contributed by atoms with Crippen molar-refractivity contribution in [1.29, 1.82) is 0 Å². The lowest BCUT2D eigenvalue weighted by Crippen LogP contribution is -2.41. The van der Waals surface area contributed by atoms with E-state index in [1.807, 2.05) is 6.92 Å². The minimum Gasteiger partial charge on any atom is -0.325 e. The highest BCUT2D eigenvalue weighted by Crippen LogP contribution is 2.23. The van der Waals surface area contributed by atoms with Crippen LogP contribution in [0.2, 0.25) is 5.02 Å². The molecule has 0 saturated carbocycles. The number of hydrogen-bond donors (Lipinski definition) is 1. The fourth-order valence-corrected chi connectivity index (χ4v) is 2.47. The molecule has 2 N–H and O–H groups in total. The van der Waals surface area contributed by atoms with Crippen LogP contribution in [-0.2, 0) is 12.8 Å². The summed E-state index contributed by atoms with van der Waals surface area (Å²) < 4.78 is 25.9. The topological polar surface area (TPSA) is 26.0 Å². The third-order valence-electron chi connectivity index (χ3n) is 3.13. The molecule has 0 radical (unpaired) electrons. The van der Waals surface area contributed by atoms with Crippen molar-refractivity contribution in [3.63, 3.8) is 0 Å². The first kappa shape index (κ1) is 14.9. The third-order valence-corrected chi connectivity index (χ3v) is 3.48. The molecule has 2 aromatic rings. The van der Waals surface area contributed by atoms with Crippen LogP contribution in [0.1, 0.15) is 18.1 Å². The molecule has 0 spiro atoms. The van der Waals surface area contributed by atoms with Gasteiger partial charge in [0.15, 0.2) is 0 Å². The van der Waals surface area contributed by atoms with Gasteiger partial charge in [0.2, 0.25) is 0 Å². The Morgan fingerprint density at radius 3 is 2.20 bits per heavy atom. The van der Waals surface area contributed by atoms with Crippen LogP contribution in [0.5, 0.6) is 0 Å². The van der Waals surface area contributed by atoms with E-state index in [1.165, 1.54) is 24.3 Å². The molecule has 0 aromatic heterocycles. The summed E-state index contributed by atoms with van der Waals surface area (Å²) >= 11 is 6.01. The first-order valence-corrected chi connectivity index (χ1v) is 6.71. The molecule has 0 saturated heterocycles. The largest absolute Gasteiger partial charge is 0.325 e. The van der Waals surface area contributed by atoms with Crippen LogP contribution >= 0.6 is 11.6 Å². The van der Waals surface area contributed by atoms with E-state index in [9.17, 15) is 8.78 Å². The van der Waals surface area contributed by atoms with Gasteiger partial charge in [-0.2, -0.15) is 0 Å². The number of nitrogens with two attached hydrogens (primary N) is 1. The van der Waals surface area contributed by atoms with Gasteiger partial charge >= 0.3 is 0 Å². The second-order valence-electron chi connectivity index (χ2n) is 5.37. The van der Waals surface area contributed by atoms with E-state index in [0.29, 0.717) is 17.9 Å². The smallest absolute Gasteiger partial charge is 0.124 e.